The van der Waals surface area contributed by atoms with Crippen LogP contribution >= 0.6 is 0 Å². The van der Waals surface area contributed by atoms with Crippen LogP contribution in [0.1, 0.15) is 13.8 Å². The van der Waals surface area contributed by atoms with E-state index in [4.69, 9.17) is 4.74 Å². The van der Waals surface area contributed by atoms with Crippen LogP contribution in [0, 0.1) is 5.92 Å². The van der Waals surface area contributed by atoms with Crippen molar-refractivity contribution in [2.75, 3.05) is 27.3 Å². The summed E-state index contributed by atoms with van der Waals surface area (Å²) in [6.07, 6.45) is 0. The minimum atomic E-state index is 0.00162. The second-order valence-electron chi connectivity index (χ2n) is 3.36. The molecule has 0 aromatic carbocycles. The number of rotatable bonds is 6. The fourth-order valence-corrected chi connectivity index (χ4v) is 0.979. The zero-order chi connectivity index (χ0) is 10.3. The largest absolute Gasteiger partial charge is 0.383 e. The van der Waals surface area contributed by atoms with Crippen LogP contribution in [-0.4, -0.2) is 39.3 Å². The van der Waals surface area contributed by atoms with Crippen molar-refractivity contribution in [1.82, 2.24) is 10.6 Å². The van der Waals surface area contributed by atoms with E-state index in [0.717, 1.165) is 0 Å². The minimum Gasteiger partial charge on any atom is -0.383 e. The van der Waals surface area contributed by atoms with Gasteiger partial charge < -0.3 is 15.4 Å². The van der Waals surface area contributed by atoms with Gasteiger partial charge in [0.15, 0.2) is 0 Å². The number of ether oxygens (including phenoxy) is 1. The topological polar surface area (TPSA) is 50.4 Å². The van der Waals surface area contributed by atoms with Gasteiger partial charge >= 0.3 is 0 Å². The van der Waals surface area contributed by atoms with E-state index in [1.54, 1.807) is 14.2 Å². The van der Waals surface area contributed by atoms with Crippen molar-refractivity contribution >= 4 is 5.91 Å². The summed E-state index contributed by atoms with van der Waals surface area (Å²) in [5, 5.41) is 5.69. The van der Waals surface area contributed by atoms with Crippen molar-refractivity contribution < 1.29 is 9.53 Å². The molecule has 0 rings (SSSR count). The summed E-state index contributed by atoms with van der Waals surface area (Å²) in [5.41, 5.74) is 0. The zero-order valence-corrected chi connectivity index (χ0v) is 8.89. The molecule has 0 saturated carbocycles. The van der Waals surface area contributed by atoms with E-state index in [1.807, 2.05) is 0 Å². The highest BCUT2D eigenvalue weighted by atomic mass is 16.5. The maximum Gasteiger partial charge on any atom is 0.233 e. The molecule has 0 aliphatic heterocycles. The summed E-state index contributed by atoms with van der Waals surface area (Å²) in [6, 6.07) is 0.238. The van der Waals surface area contributed by atoms with Crippen LogP contribution in [0.5, 0.6) is 0 Å². The van der Waals surface area contributed by atoms with Gasteiger partial charge in [-0.05, 0) is 5.92 Å². The van der Waals surface area contributed by atoms with E-state index in [0.29, 0.717) is 19.1 Å². The molecule has 2 N–H and O–H groups in total. The third-order valence-electron chi connectivity index (χ3n) is 1.95. The molecule has 1 unspecified atom stereocenters. The first kappa shape index (κ1) is 12.4. The molecule has 4 nitrogen and oxygen atoms in total. The minimum absolute atomic E-state index is 0.00162. The number of amides is 1. The molecule has 0 heterocycles. The second kappa shape index (κ2) is 6.86. The van der Waals surface area contributed by atoms with Crippen LogP contribution in [0.4, 0.5) is 0 Å². The van der Waals surface area contributed by atoms with Gasteiger partial charge in [0.1, 0.15) is 0 Å². The van der Waals surface area contributed by atoms with Gasteiger partial charge in [0.25, 0.3) is 0 Å². The first-order chi connectivity index (χ1) is 6.11. The van der Waals surface area contributed by atoms with Crippen molar-refractivity contribution in [3.05, 3.63) is 0 Å². The molecule has 0 spiro atoms. The number of hydrogen-bond donors (Lipinski definition) is 2. The SMILES string of the molecule is CNC(=O)CNC(COC)C(C)C. The average molecular weight is 188 g/mol. The van der Waals surface area contributed by atoms with Crippen LogP contribution in [-0.2, 0) is 9.53 Å². The molecule has 0 aromatic heterocycles. The number of likely N-dealkylation sites (N-methyl/N-ethyl adjacent to an activating group) is 1. The summed E-state index contributed by atoms with van der Waals surface area (Å²) < 4.78 is 5.04. The van der Waals surface area contributed by atoms with Crippen molar-refractivity contribution in [3.8, 4) is 0 Å². The van der Waals surface area contributed by atoms with Gasteiger partial charge in [0.2, 0.25) is 5.91 Å². The Labute approximate surface area is 80.0 Å². The number of carbonyl (C=O) groups is 1. The molecule has 4 heteroatoms. The Balaban J connectivity index is 3.75. The van der Waals surface area contributed by atoms with Gasteiger partial charge in [0.05, 0.1) is 13.2 Å². The lowest BCUT2D eigenvalue weighted by molar-refractivity contribution is -0.120. The van der Waals surface area contributed by atoms with Crippen LogP contribution in [0.2, 0.25) is 0 Å². The van der Waals surface area contributed by atoms with Crippen LogP contribution < -0.4 is 10.6 Å². The molecule has 1 atom stereocenters. The van der Waals surface area contributed by atoms with Gasteiger partial charge in [-0.25, -0.2) is 0 Å². The van der Waals surface area contributed by atoms with Gasteiger partial charge in [-0.2, -0.15) is 0 Å². The summed E-state index contributed by atoms with van der Waals surface area (Å²) in [7, 11) is 3.29. The smallest absolute Gasteiger partial charge is 0.233 e. The quantitative estimate of drug-likeness (QED) is 0.616. The Morgan fingerprint density at radius 2 is 2.08 bits per heavy atom. The predicted molar refractivity (Wildman–Crippen MR) is 52.6 cm³/mol. The Hall–Kier alpha value is -0.610. The average Bonchev–Trinajstić information content (AvgIpc) is 2.11. The molecule has 0 saturated heterocycles. The monoisotopic (exact) mass is 188 g/mol. The van der Waals surface area contributed by atoms with E-state index < -0.39 is 0 Å². The van der Waals surface area contributed by atoms with Gasteiger partial charge in [-0.15, -0.1) is 0 Å². The lowest BCUT2D eigenvalue weighted by Gasteiger charge is -2.20. The van der Waals surface area contributed by atoms with Crippen molar-refractivity contribution in [2.45, 2.75) is 19.9 Å². The second-order valence-corrected chi connectivity index (χ2v) is 3.36. The molecule has 78 valence electrons. The maximum atomic E-state index is 10.9. The normalized spacial score (nSPS) is 13.0. The Kier molecular flexibility index (Phi) is 6.54. The molecule has 0 radical (unpaired) electrons. The molecule has 0 aliphatic carbocycles. The Morgan fingerprint density at radius 1 is 1.46 bits per heavy atom. The first-order valence-electron chi connectivity index (χ1n) is 4.54. The summed E-state index contributed by atoms with van der Waals surface area (Å²) in [5.74, 6) is 0.464. The highest BCUT2D eigenvalue weighted by Gasteiger charge is 2.12. The molecule has 0 aromatic rings. The van der Waals surface area contributed by atoms with Crippen molar-refractivity contribution in [2.24, 2.45) is 5.92 Å². The predicted octanol–water partition coefficient (Wildman–Crippen LogP) is -0.00700. The first-order valence-corrected chi connectivity index (χ1v) is 4.54. The Bertz CT molecular complexity index is 149. The van der Waals surface area contributed by atoms with Crippen LogP contribution in [0.25, 0.3) is 0 Å². The highest BCUT2D eigenvalue weighted by molar-refractivity contribution is 5.77. The van der Waals surface area contributed by atoms with Crippen molar-refractivity contribution in [3.63, 3.8) is 0 Å². The molecule has 0 aliphatic rings. The molecule has 0 bridgehead atoms. The zero-order valence-electron chi connectivity index (χ0n) is 8.89. The molecule has 1 amide bonds. The lowest BCUT2D eigenvalue weighted by Crippen LogP contribution is -2.43. The van der Waals surface area contributed by atoms with E-state index in [2.05, 4.69) is 24.5 Å². The standard InChI is InChI=1S/C9H20N2O2/c1-7(2)8(6-13-4)11-5-9(12)10-3/h7-8,11H,5-6H2,1-4H3,(H,10,12). The van der Waals surface area contributed by atoms with E-state index in [1.165, 1.54) is 0 Å². The maximum absolute atomic E-state index is 10.9. The molecular weight excluding hydrogens is 168 g/mol. The third-order valence-corrected chi connectivity index (χ3v) is 1.95. The molecule has 13 heavy (non-hydrogen) atoms. The number of carbonyl (C=O) groups excluding carboxylic acids is 1. The number of hydrogen-bond acceptors (Lipinski definition) is 3. The summed E-state index contributed by atoms with van der Waals surface area (Å²) >= 11 is 0. The molecule has 0 fully saturated rings. The summed E-state index contributed by atoms with van der Waals surface area (Å²) in [4.78, 5) is 10.9. The number of methoxy groups -OCH3 is 1. The fraction of sp³-hybridized carbons (Fsp3) is 0.889. The molecular formula is C9H20N2O2. The number of nitrogens with one attached hydrogen (secondary N) is 2. The fourth-order valence-electron chi connectivity index (χ4n) is 0.979. The van der Waals surface area contributed by atoms with Crippen LogP contribution in [0.15, 0.2) is 0 Å². The van der Waals surface area contributed by atoms with Gasteiger partial charge in [0, 0.05) is 20.2 Å². The van der Waals surface area contributed by atoms with E-state index in [-0.39, 0.29) is 11.9 Å². The van der Waals surface area contributed by atoms with E-state index >= 15 is 0 Å². The third kappa shape index (κ3) is 5.60. The van der Waals surface area contributed by atoms with Crippen molar-refractivity contribution in [1.29, 1.82) is 0 Å². The van der Waals surface area contributed by atoms with Crippen LogP contribution in [0.3, 0.4) is 0 Å². The Morgan fingerprint density at radius 3 is 2.46 bits per heavy atom. The lowest BCUT2D eigenvalue weighted by atomic mass is 10.1. The van der Waals surface area contributed by atoms with E-state index in [9.17, 15) is 4.79 Å². The van der Waals surface area contributed by atoms with Gasteiger partial charge in [-0.3, -0.25) is 4.79 Å². The summed E-state index contributed by atoms with van der Waals surface area (Å²) in [6.45, 7) is 5.18. The highest BCUT2D eigenvalue weighted by Crippen LogP contribution is 2.00. The van der Waals surface area contributed by atoms with Gasteiger partial charge in [-0.1, -0.05) is 13.8 Å².